The number of aryl methyl sites for hydroxylation is 1. The predicted molar refractivity (Wildman–Crippen MR) is 120 cm³/mol. The van der Waals surface area contributed by atoms with Gasteiger partial charge in [-0.15, -0.1) is 0 Å². The van der Waals surface area contributed by atoms with E-state index in [2.05, 4.69) is 36.2 Å². The number of piperazine rings is 1. The first-order valence-electron chi connectivity index (χ1n) is 10.2. The van der Waals surface area contributed by atoms with E-state index in [1.165, 1.54) is 11.3 Å². The highest BCUT2D eigenvalue weighted by Gasteiger charge is 2.23. The maximum absolute atomic E-state index is 12.5. The molecule has 1 aliphatic heterocycles. The van der Waals surface area contributed by atoms with E-state index in [1.54, 1.807) is 12.1 Å². The summed E-state index contributed by atoms with van der Waals surface area (Å²) in [5.74, 6) is 0. The zero-order chi connectivity index (χ0) is 21.1. The maximum Gasteiger partial charge on any atom is 0.321 e. The van der Waals surface area contributed by atoms with E-state index >= 15 is 0 Å². The molecule has 30 heavy (non-hydrogen) atoms. The van der Waals surface area contributed by atoms with Gasteiger partial charge in [0.2, 0.25) is 0 Å². The second kappa shape index (κ2) is 8.90. The molecule has 4 rings (SSSR count). The largest absolute Gasteiger partial charge is 0.322 e. The minimum Gasteiger partial charge on any atom is -0.322 e. The molecule has 1 N–H and O–H groups in total. The number of anilines is 1. The van der Waals surface area contributed by atoms with E-state index in [9.17, 15) is 4.79 Å². The minimum absolute atomic E-state index is 0.0683. The molecule has 1 fully saturated rings. The van der Waals surface area contributed by atoms with Gasteiger partial charge >= 0.3 is 6.03 Å². The van der Waals surface area contributed by atoms with Crippen molar-refractivity contribution in [3.8, 4) is 5.69 Å². The number of hydrogen-bond donors (Lipinski definition) is 1. The normalized spacial score (nSPS) is 14.7. The number of carbonyl (C=O) groups is 1. The molecule has 2 heterocycles. The van der Waals surface area contributed by atoms with Gasteiger partial charge in [0.15, 0.2) is 0 Å². The Morgan fingerprint density at radius 2 is 1.67 bits per heavy atom. The van der Waals surface area contributed by atoms with E-state index in [0.29, 0.717) is 18.1 Å². The summed E-state index contributed by atoms with van der Waals surface area (Å²) >= 11 is 5.90. The summed E-state index contributed by atoms with van der Waals surface area (Å²) < 4.78 is 2.01. The van der Waals surface area contributed by atoms with Crippen LogP contribution in [0.2, 0.25) is 5.02 Å². The van der Waals surface area contributed by atoms with Gasteiger partial charge in [-0.25, -0.2) is 9.48 Å². The number of urea groups is 1. The van der Waals surface area contributed by atoms with Crippen molar-refractivity contribution in [3.05, 3.63) is 76.6 Å². The Kier molecular flexibility index (Phi) is 6.06. The summed E-state index contributed by atoms with van der Waals surface area (Å²) in [5, 5.41) is 8.34. The Hall–Kier alpha value is -2.83. The minimum atomic E-state index is -0.0683. The van der Waals surface area contributed by atoms with Crippen molar-refractivity contribution in [1.29, 1.82) is 0 Å². The molecule has 0 aliphatic carbocycles. The fourth-order valence-corrected chi connectivity index (χ4v) is 3.92. The van der Waals surface area contributed by atoms with Crippen LogP contribution in [0.1, 0.15) is 17.0 Å². The highest BCUT2D eigenvalue weighted by atomic mass is 35.5. The first-order chi connectivity index (χ1) is 14.5. The number of nitrogens with zero attached hydrogens (tertiary/aromatic N) is 4. The number of benzene rings is 2. The maximum atomic E-state index is 12.5. The molecule has 0 radical (unpaired) electrons. The average Bonchev–Trinajstić information content (AvgIpc) is 3.05. The molecule has 0 spiro atoms. The molecule has 1 aliphatic rings. The molecule has 156 valence electrons. The lowest BCUT2D eigenvalue weighted by Crippen LogP contribution is -2.49. The molecule has 2 aromatic carbocycles. The Bertz CT molecular complexity index is 1010. The number of halogens is 1. The second-order valence-corrected chi connectivity index (χ2v) is 8.03. The van der Waals surface area contributed by atoms with E-state index in [4.69, 9.17) is 16.7 Å². The Labute approximate surface area is 182 Å². The van der Waals surface area contributed by atoms with Crippen LogP contribution in [0.5, 0.6) is 0 Å². The molecule has 2 amide bonds. The SMILES string of the molecule is Cc1nn(-c2ccccc2)c(C)c1CN1CCN(C(=O)Nc2ccc(Cl)cc2)CC1. The number of rotatable bonds is 4. The molecule has 0 bridgehead atoms. The smallest absolute Gasteiger partial charge is 0.321 e. The first-order valence-corrected chi connectivity index (χ1v) is 10.5. The van der Waals surface area contributed by atoms with Gasteiger partial charge in [0.05, 0.1) is 11.4 Å². The molecule has 0 saturated carbocycles. The lowest BCUT2D eigenvalue weighted by atomic mass is 10.1. The van der Waals surface area contributed by atoms with Crippen LogP contribution in [-0.2, 0) is 6.54 Å². The van der Waals surface area contributed by atoms with Crippen LogP contribution in [0.25, 0.3) is 5.69 Å². The van der Waals surface area contributed by atoms with Crippen molar-refractivity contribution in [1.82, 2.24) is 19.6 Å². The Morgan fingerprint density at radius 1 is 1.00 bits per heavy atom. The van der Waals surface area contributed by atoms with Gasteiger partial charge in [-0.3, -0.25) is 4.90 Å². The van der Waals surface area contributed by atoms with E-state index in [-0.39, 0.29) is 6.03 Å². The third kappa shape index (κ3) is 4.50. The standard InChI is InChI=1S/C23H26ClN5O/c1-17-22(18(2)29(26-17)21-6-4-3-5-7-21)16-27-12-14-28(15-13-27)23(30)25-20-10-8-19(24)9-11-20/h3-11H,12-16H2,1-2H3,(H,25,30). The fraction of sp³-hybridized carbons (Fsp3) is 0.304. The third-order valence-corrected chi connectivity index (χ3v) is 5.83. The topological polar surface area (TPSA) is 53.4 Å². The van der Waals surface area contributed by atoms with Crippen molar-refractivity contribution in [2.45, 2.75) is 20.4 Å². The van der Waals surface area contributed by atoms with Gasteiger partial charge < -0.3 is 10.2 Å². The fourth-order valence-electron chi connectivity index (χ4n) is 3.79. The predicted octanol–water partition coefficient (Wildman–Crippen LogP) is 4.49. The van der Waals surface area contributed by atoms with Crippen molar-refractivity contribution in [2.24, 2.45) is 0 Å². The molecular weight excluding hydrogens is 398 g/mol. The number of aromatic nitrogens is 2. The molecule has 3 aromatic rings. The monoisotopic (exact) mass is 423 g/mol. The van der Waals surface area contributed by atoms with Crippen molar-refractivity contribution < 1.29 is 4.79 Å². The van der Waals surface area contributed by atoms with E-state index in [1.807, 2.05) is 39.9 Å². The molecule has 1 saturated heterocycles. The number of nitrogens with one attached hydrogen (secondary N) is 1. The highest BCUT2D eigenvalue weighted by Crippen LogP contribution is 2.20. The zero-order valence-electron chi connectivity index (χ0n) is 17.3. The molecule has 7 heteroatoms. The third-order valence-electron chi connectivity index (χ3n) is 5.58. The summed E-state index contributed by atoms with van der Waals surface area (Å²) in [6.07, 6.45) is 0. The lowest BCUT2D eigenvalue weighted by molar-refractivity contribution is 0.142. The van der Waals surface area contributed by atoms with Crippen LogP contribution in [0.4, 0.5) is 10.5 Å². The van der Waals surface area contributed by atoms with Gasteiger partial charge in [-0.1, -0.05) is 29.8 Å². The van der Waals surface area contributed by atoms with Gasteiger partial charge in [-0.2, -0.15) is 5.10 Å². The van der Waals surface area contributed by atoms with Gasteiger partial charge in [0.25, 0.3) is 0 Å². The summed E-state index contributed by atoms with van der Waals surface area (Å²) in [6.45, 7) is 8.11. The van der Waals surface area contributed by atoms with Crippen molar-refractivity contribution in [2.75, 3.05) is 31.5 Å². The van der Waals surface area contributed by atoms with Crippen LogP contribution in [-0.4, -0.2) is 51.8 Å². The highest BCUT2D eigenvalue weighted by molar-refractivity contribution is 6.30. The zero-order valence-corrected chi connectivity index (χ0v) is 18.1. The second-order valence-electron chi connectivity index (χ2n) is 7.60. The number of carbonyl (C=O) groups excluding carboxylic acids is 1. The van der Waals surface area contributed by atoms with Crippen LogP contribution in [0.3, 0.4) is 0 Å². The quantitative estimate of drug-likeness (QED) is 0.672. The molecule has 0 atom stereocenters. The van der Waals surface area contributed by atoms with Gasteiger partial charge in [0, 0.05) is 54.7 Å². The summed E-state index contributed by atoms with van der Waals surface area (Å²) in [5.41, 5.74) is 5.32. The summed E-state index contributed by atoms with van der Waals surface area (Å²) in [7, 11) is 0. The number of hydrogen-bond acceptors (Lipinski definition) is 3. The van der Waals surface area contributed by atoms with Crippen LogP contribution in [0.15, 0.2) is 54.6 Å². The van der Waals surface area contributed by atoms with Gasteiger partial charge in [-0.05, 0) is 50.2 Å². The van der Waals surface area contributed by atoms with Crippen LogP contribution in [0, 0.1) is 13.8 Å². The lowest BCUT2D eigenvalue weighted by Gasteiger charge is -2.34. The molecule has 6 nitrogen and oxygen atoms in total. The Balaban J connectivity index is 1.35. The van der Waals surface area contributed by atoms with Crippen LogP contribution >= 0.6 is 11.6 Å². The Morgan fingerprint density at radius 3 is 2.33 bits per heavy atom. The van der Waals surface area contributed by atoms with Crippen molar-refractivity contribution in [3.63, 3.8) is 0 Å². The summed E-state index contributed by atoms with van der Waals surface area (Å²) in [6, 6.07) is 17.3. The van der Waals surface area contributed by atoms with Crippen LogP contribution < -0.4 is 5.32 Å². The first kappa shape index (κ1) is 20.4. The number of amides is 2. The van der Waals surface area contributed by atoms with Gasteiger partial charge in [0.1, 0.15) is 0 Å². The summed E-state index contributed by atoms with van der Waals surface area (Å²) in [4.78, 5) is 16.8. The molecular formula is C23H26ClN5O. The average molecular weight is 424 g/mol. The molecule has 0 unspecified atom stereocenters. The van der Waals surface area contributed by atoms with Crippen molar-refractivity contribution >= 4 is 23.3 Å². The molecule has 1 aromatic heterocycles. The van der Waals surface area contributed by atoms with E-state index in [0.717, 1.165) is 36.7 Å². The number of para-hydroxylation sites is 1. The van der Waals surface area contributed by atoms with E-state index < -0.39 is 0 Å².